The Morgan fingerprint density at radius 1 is 1.33 bits per heavy atom. The van der Waals surface area contributed by atoms with Crippen LogP contribution in [0, 0.1) is 0 Å². The fourth-order valence-corrected chi connectivity index (χ4v) is 1.01. The zero-order valence-corrected chi connectivity index (χ0v) is 8.90. The summed E-state index contributed by atoms with van der Waals surface area (Å²) in [5.41, 5.74) is 0.825. The number of para-hydroxylation sites is 1. The van der Waals surface area contributed by atoms with E-state index < -0.39 is 0 Å². The van der Waals surface area contributed by atoms with Gasteiger partial charge in [-0.3, -0.25) is 4.79 Å². The smallest absolute Gasteiger partial charge is 0.309 e. The molecule has 0 aliphatic heterocycles. The number of ether oxygens (including phenoxy) is 2. The van der Waals surface area contributed by atoms with Crippen LogP contribution in [0.4, 0.5) is 0 Å². The SMILES string of the molecule is COC(=O)CC(C)=COc1ccccc1. The lowest BCUT2D eigenvalue weighted by molar-refractivity contribution is -0.139. The predicted molar refractivity (Wildman–Crippen MR) is 57.5 cm³/mol. The summed E-state index contributed by atoms with van der Waals surface area (Å²) in [6.45, 7) is 1.82. The Morgan fingerprint density at radius 2 is 2.00 bits per heavy atom. The minimum atomic E-state index is -0.264. The Kier molecular flexibility index (Phi) is 4.41. The molecule has 0 spiro atoms. The van der Waals surface area contributed by atoms with E-state index in [2.05, 4.69) is 4.74 Å². The molecule has 0 aliphatic rings. The molecule has 80 valence electrons. The third-order valence-electron chi connectivity index (χ3n) is 1.79. The van der Waals surface area contributed by atoms with Crippen LogP contribution in [0.1, 0.15) is 13.3 Å². The molecule has 3 heteroatoms. The maximum absolute atomic E-state index is 10.9. The highest BCUT2D eigenvalue weighted by Gasteiger charge is 2.01. The molecule has 0 bridgehead atoms. The Bertz CT molecular complexity index is 341. The van der Waals surface area contributed by atoms with Crippen molar-refractivity contribution >= 4 is 5.97 Å². The molecule has 0 saturated heterocycles. The molecular formula is C12H14O3. The van der Waals surface area contributed by atoms with E-state index in [1.54, 1.807) is 6.26 Å². The largest absolute Gasteiger partial charge is 0.469 e. The molecule has 0 fully saturated rings. The fraction of sp³-hybridized carbons (Fsp3) is 0.250. The first-order valence-electron chi connectivity index (χ1n) is 4.66. The van der Waals surface area contributed by atoms with Crippen molar-refractivity contribution in [3.63, 3.8) is 0 Å². The van der Waals surface area contributed by atoms with Crippen molar-refractivity contribution in [3.05, 3.63) is 42.2 Å². The number of rotatable bonds is 4. The Hall–Kier alpha value is -1.77. The fourth-order valence-electron chi connectivity index (χ4n) is 1.01. The molecule has 0 heterocycles. The van der Waals surface area contributed by atoms with Crippen molar-refractivity contribution in [2.45, 2.75) is 13.3 Å². The summed E-state index contributed by atoms with van der Waals surface area (Å²) in [5, 5.41) is 0. The van der Waals surface area contributed by atoms with Crippen LogP contribution in [0.15, 0.2) is 42.2 Å². The first kappa shape index (κ1) is 11.3. The van der Waals surface area contributed by atoms with Gasteiger partial charge < -0.3 is 9.47 Å². The van der Waals surface area contributed by atoms with Gasteiger partial charge in [-0.05, 0) is 24.6 Å². The van der Waals surface area contributed by atoms with Crippen LogP contribution in [0.2, 0.25) is 0 Å². The van der Waals surface area contributed by atoms with Gasteiger partial charge in [0.15, 0.2) is 0 Å². The molecule has 3 nitrogen and oxygen atoms in total. The highest BCUT2D eigenvalue weighted by Crippen LogP contribution is 2.10. The highest BCUT2D eigenvalue weighted by atomic mass is 16.5. The Labute approximate surface area is 89.3 Å². The van der Waals surface area contributed by atoms with E-state index in [1.165, 1.54) is 7.11 Å². The summed E-state index contributed by atoms with van der Waals surface area (Å²) >= 11 is 0. The molecule has 0 unspecified atom stereocenters. The molecule has 0 N–H and O–H groups in total. The molecule has 0 aromatic heterocycles. The summed E-state index contributed by atoms with van der Waals surface area (Å²) in [5.74, 6) is 0.488. The van der Waals surface area contributed by atoms with E-state index in [4.69, 9.17) is 4.74 Å². The topological polar surface area (TPSA) is 35.5 Å². The molecule has 0 saturated carbocycles. The lowest BCUT2D eigenvalue weighted by atomic mass is 10.2. The number of carbonyl (C=O) groups excluding carboxylic acids is 1. The Balaban J connectivity index is 2.47. The van der Waals surface area contributed by atoms with E-state index >= 15 is 0 Å². The van der Waals surface area contributed by atoms with Gasteiger partial charge in [0, 0.05) is 0 Å². The number of esters is 1. The van der Waals surface area contributed by atoms with Crippen LogP contribution >= 0.6 is 0 Å². The van der Waals surface area contributed by atoms with Crippen molar-refractivity contribution in [3.8, 4) is 5.75 Å². The van der Waals surface area contributed by atoms with Crippen LogP contribution < -0.4 is 4.74 Å². The van der Waals surface area contributed by atoms with Gasteiger partial charge in [-0.25, -0.2) is 0 Å². The van der Waals surface area contributed by atoms with Gasteiger partial charge in [-0.1, -0.05) is 18.2 Å². The maximum atomic E-state index is 10.9. The monoisotopic (exact) mass is 206 g/mol. The first-order valence-corrected chi connectivity index (χ1v) is 4.66. The van der Waals surface area contributed by atoms with Gasteiger partial charge in [0.05, 0.1) is 19.8 Å². The quantitative estimate of drug-likeness (QED) is 0.561. The van der Waals surface area contributed by atoms with Crippen LogP contribution in [0.3, 0.4) is 0 Å². The lowest BCUT2D eigenvalue weighted by Crippen LogP contribution is -2.00. The molecule has 1 aromatic rings. The normalized spacial score (nSPS) is 10.9. The second kappa shape index (κ2) is 5.86. The summed E-state index contributed by atoms with van der Waals surface area (Å²) in [4.78, 5) is 10.9. The molecular weight excluding hydrogens is 192 g/mol. The van der Waals surface area contributed by atoms with Gasteiger partial charge in [-0.2, -0.15) is 0 Å². The van der Waals surface area contributed by atoms with Crippen molar-refractivity contribution < 1.29 is 14.3 Å². The standard InChI is InChI=1S/C12H14O3/c1-10(8-12(13)14-2)9-15-11-6-4-3-5-7-11/h3-7,9H,8H2,1-2H3. The molecule has 0 amide bonds. The van der Waals surface area contributed by atoms with Crippen LogP contribution in [0.25, 0.3) is 0 Å². The zero-order valence-electron chi connectivity index (χ0n) is 8.90. The van der Waals surface area contributed by atoms with Crippen molar-refractivity contribution in [2.75, 3.05) is 7.11 Å². The summed E-state index contributed by atoms with van der Waals surface area (Å²) in [6.07, 6.45) is 1.82. The van der Waals surface area contributed by atoms with Gasteiger partial charge >= 0.3 is 5.97 Å². The molecule has 0 radical (unpaired) electrons. The zero-order chi connectivity index (χ0) is 11.1. The number of hydrogen-bond acceptors (Lipinski definition) is 3. The average molecular weight is 206 g/mol. The number of carbonyl (C=O) groups is 1. The average Bonchev–Trinajstić information content (AvgIpc) is 2.27. The summed E-state index contributed by atoms with van der Waals surface area (Å²) in [6, 6.07) is 9.39. The van der Waals surface area contributed by atoms with Crippen LogP contribution in [-0.2, 0) is 9.53 Å². The third kappa shape index (κ3) is 4.31. The molecule has 1 aromatic carbocycles. The Morgan fingerprint density at radius 3 is 2.60 bits per heavy atom. The number of benzene rings is 1. The predicted octanol–water partition coefficient (Wildman–Crippen LogP) is 2.53. The number of methoxy groups -OCH3 is 1. The third-order valence-corrected chi connectivity index (χ3v) is 1.79. The van der Waals surface area contributed by atoms with E-state index in [0.29, 0.717) is 0 Å². The minimum Gasteiger partial charge on any atom is -0.469 e. The van der Waals surface area contributed by atoms with Gasteiger partial charge in [-0.15, -0.1) is 0 Å². The van der Waals surface area contributed by atoms with E-state index in [-0.39, 0.29) is 12.4 Å². The van der Waals surface area contributed by atoms with Gasteiger partial charge in [0.25, 0.3) is 0 Å². The first-order chi connectivity index (χ1) is 7.22. The van der Waals surface area contributed by atoms with E-state index in [1.807, 2.05) is 37.3 Å². The molecule has 0 aliphatic carbocycles. The highest BCUT2D eigenvalue weighted by molar-refractivity contribution is 5.71. The summed E-state index contributed by atoms with van der Waals surface area (Å²) in [7, 11) is 1.37. The second-order valence-electron chi connectivity index (χ2n) is 3.15. The second-order valence-corrected chi connectivity index (χ2v) is 3.15. The summed E-state index contributed by atoms with van der Waals surface area (Å²) < 4.78 is 9.88. The van der Waals surface area contributed by atoms with Crippen LogP contribution in [0.5, 0.6) is 5.75 Å². The van der Waals surface area contributed by atoms with Crippen molar-refractivity contribution in [1.29, 1.82) is 0 Å². The van der Waals surface area contributed by atoms with E-state index in [0.717, 1.165) is 11.3 Å². The molecule has 1 rings (SSSR count). The molecule has 0 atom stereocenters. The maximum Gasteiger partial charge on any atom is 0.309 e. The van der Waals surface area contributed by atoms with Crippen molar-refractivity contribution in [2.24, 2.45) is 0 Å². The van der Waals surface area contributed by atoms with Gasteiger partial charge in [0.1, 0.15) is 5.75 Å². The van der Waals surface area contributed by atoms with Crippen LogP contribution in [-0.4, -0.2) is 13.1 Å². The minimum absolute atomic E-state index is 0.253. The van der Waals surface area contributed by atoms with Crippen molar-refractivity contribution in [1.82, 2.24) is 0 Å². The number of hydrogen-bond donors (Lipinski definition) is 0. The van der Waals surface area contributed by atoms with E-state index in [9.17, 15) is 4.79 Å². The van der Waals surface area contributed by atoms with Gasteiger partial charge in [0.2, 0.25) is 0 Å². The lowest BCUT2D eigenvalue weighted by Gasteiger charge is -2.02. The molecule has 15 heavy (non-hydrogen) atoms.